The van der Waals surface area contributed by atoms with Crippen LogP contribution in [0.2, 0.25) is 0 Å². The van der Waals surface area contributed by atoms with E-state index in [0.717, 1.165) is 0 Å². The Hall–Kier alpha value is -2.26. The van der Waals surface area contributed by atoms with Gasteiger partial charge in [0.2, 0.25) is 0 Å². The summed E-state index contributed by atoms with van der Waals surface area (Å²) in [5.74, 6) is 0. The minimum Gasteiger partial charge on any atom is -0.0622 e. The van der Waals surface area contributed by atoms with Crippen molar-refractivity contribution >= 4 is 37.1 Å². The molecule has 0 aliphatic heterocycles. The standard InChI is InChI=1S/C30H32P2/c1-29(2,31(25-17-9-5-10-18-25)26-19-11-6-12-20-26)30(3,4)32(27-21-13-7-14-22-27)28-23-15-8-16-24-28/h5-24H,1-4H3. The van der Waals surface area contributed by atoms with Gasteiger partial charge in [-0.15, -0.1) is 0 Å². The maximum Gasteiger partial charge on any atom is 0.00254 e. The van der Waals surface area contributed by atoms with E-state index in [1.165, 1.54) is 21.2 Å². The predicted molar refractivity (Wildman–Crippen MR) is 146 cm³/mol. The molecule has 32 heavy (non-hydrogen) atoms. The zero-order valence-electron chi connectivity index (χ0n) is 19.4. The van der Waals surface area contributed by atoms with Crippen LogP contribution in [0.1, 0.15) is 27.7 Å². The lowest BCUT2D eigenvalue weighted by Gasteiger charge is -2.52. The van der Waals surface area contributed by atoms with E-state index in [9.17, 15) is 0 Å². The van der Waals surface area contributed by atoms with E-state index in [1.807, 2.05) is 0 Å². The van der Waals surface area contributed by atoms with Crippen LogP contribution in [0.15, 0.2) is 121 Å². The smallest absolute Gasteiger partial charge is 0.00254 e. The summed E-state index contributed by atoms with van der Waals surface area (Å²) in [6.07, 6.45) is 0. The first-order valence-corrected chi connectivity index (χ1v) is 13.9. The Labute approximate surface area is 196 Å². The molecule has 0 unspecified atom stereocenters. The van der Waals surface area contributed by atoms with Crippen LogP contribution in [0.25, 0.3) is 0 Å². The minimum atomic E-state index is -0.579. The molecule has 2 heteroatoms. The second-order valence-electron chi connectivity index (χ2n) is 9.13. The Bertz CT molecular complexity index is 933. The van der Waals surface area contributed by atoms with Gasteiger partial charge in [0, 0.05) is 10.3 Å². The Morgan fingerprint density at radius 1 is 0.344 bits per heavy atom. The van der Waals surface area contributed by atoms with Gasteiger partial charge < -0.3 is 0 Å². The molecule has 0 nitrogen and oxygen atoms in total. The Kier molecular flexibility index (Phi) is 6.95. The normalized spacial score (nSPS) is 12.3. The van der Waals surface area contributed by atoms with E-state index in [4.69, 9.17) is 0 Å². The fourth-order valence-electron chi connectivity index (χ4n) is 4.44. The number of hydrogen-bond donors (Lipinski definition) is 0. The first kappa shape index (κ1) is 22.9. The van der Waals surface area contributed by atoms with Gasteiger partial charge in [0.25, 0.3) is 0 Å². The summed E-state index contributed by atoms with van der Waals surface area (Å²) in [6.45, 7) is 10.00. The molecule has 162 valence electrons. The first-order valence-electron chi connectivity index (χ1n) is 11.2. The molecule has 4 rings (SSSR count). The van der Waals surface area contributed by atoms with Gasteiger partial charge in [-0.05, 0) is 37.1 Å². The van der Waals surface area contributed by atoms with E-state index in [0.29, 0.717) is 0 Å². The van der Waals surface area contributed by atoms with Crippen LogP contribution < -0.4 is 21.2 Å². The third-order valence-corrected chi connectivity index (χ3v) is 13.5. The average Bonchev–Trinajstić information content (AvgIpc) is 2.82. The molecule has 0 atom stereocenters. The molecule has 0 aliphatic carbocycles. The zero-order valence-corrected chi connectivity index (χ0v) is 21.2. The maximum atomic E-state index is 2.50. The van der Waals surface area contributed by atoms with Crippen LogP contribution >= 0.6 is 15.8 Å². The number of benzene rings is 4. The lowest BCUT2D eigenvalue weighted by molar-refractivity contribution is 0.539. The number of rotatable bonds is 7. The summed E-state index contributed by atoms with van der Waals surface area (Å²) in [7, 11) is -1.16. The highest BCUT2D eigenvalue weighted by Gasteiger charge is 2.49. The van der Waals surface area contributed by atoms with Crippen LogP contribution in [0.3, 0.4) is 0 Å². The van der Waals surface area contributed by atoms with Crippen molar-refractivity contribution in [1.82, 2.24) is 0 Å². The summed E-state index contributed by atoms with van der Waals surface area (Å²) in [6, 6.07) is 44.6. The molecular weight excluding hydrogens is 422 g/mol. The molecule has 0 bridgehead atoms. The van der Waals surface area contributed by atoms with Crippen molar-refractivity contribution in [1.29, 1.82) is 0 Å². The third kappa shape index (κ3) is 4.45. The highest BCUT2D eigenvalue weighted by atomic mass is 31.1. The van der Waals surface area contributed by atoms with Crippen molar-refractivity contribution in [3.8, 4) is 0 Å². The SMILES string of the molecule is CC(C)(P(c1ccccc1)c1ccccc1)C(C)(C)P(c1ccccc1)c1ccccc1. The van der Waals surface area contributed by atoms with Crippen molar-refractivity contribution in [2.75, 3.05) is 0 Å². The molecule has 4 aromatic rings. The van der Waals surface area contributed by atoms with Crippen molar-refractivity contribution in [2.45, 2.75) is 38.0 Å². The van der Waals surface area contributed by atoms with Crippen LogP contribution in [0.5, 0.6) is 0 Å². The molecular formula is C30H32P2. The van der Waals surface area contributed by atoms with Gasteiger partial charge in [-0.2, -0.15) is 0 Å². The van der Waals surface area contributed by atoms with Gasteiger partial charge in [-0.1, -0.05) is 149 Å². The fourth-order valence-corrected chi connectivity index (χ4v) is 11.2. The van der Waals surface area contributed by atoms with Crippen LogP contribution in [-0.2, 0) is 0 Å². The topological polar surface area (TPSA) is 0 Å². The monoisotopic (exact) mass is 454 g/mol. The molecule has 0 aliphatic rings. The second-order valence-corrected chi connectivity index (χ2v) is 14.8. The lowest BCUT2D eigenvalue weighted by atomic mass is 9.98. The van der Waals surface area contributed by atoms with Gasteiger partial charge in [0.05, 0.1) is 0 Å². The Balaban J connectivity index is 1.90. The van der Waals surface area contributed by atoms with Gasteiger partial charge in [0.15, 0.2) is 0 Å². The quantitative estimate of drug-likeness (QED) is 0.269. The largest absolute Gasteiger partial charge is 0.0622 e. The van der Waals surface area contributed by atoms with Crippen molar-refractivity contribution < 1.29 is 0 Å². The van der Waals surface area contributed by atoms with Gasteiger partial charge >= 0.3 is 0 Å². The van der Waals surface area contributed by atoms with Crippen molar-refractivity contribution in [3.05, 3.63) is 121 Å². The van der Waals surface area contributed by atoms with Crippen LogP contribution in [0, 0.1) is 0 Å². The minimum absolute atomic E-state index is 0.0441. The highest BCUT2D eigenvalue weighted by molar-refractivity contribution is 7.78. The molecule has 0 aromatic heterocycles. The van der Waals surface area contributed by atoms with E-state index in [1.54, 1.807) is 0 Å². The molecule has 0 spiro atoms. The lowest BCUT2D eigenvalue weighted by Crippen LogP contribution is -2.49. The van der Waals surface area contributed by atoms with E-state index < -0.39 is 15.8 Å². The molecule has 4 aromatic carbocycles. The van der Waals surface area contributed by atoms with Gasteiger partial charge in [0.1, 0.15) is 0 Å². The average molecular weight is 455 g/mol. The Morgan fingerprint density at radius 3 is 0.719 bits per heavy atom. The van der Waals surface area contributed by atoms with E-state index >= 15 is 0 Å². The van der Waals surface area contributed by atoms with Crippen LogP contribution in [-0.4, -0.2) is 10.3 Å². The van der Waals surface area contributed by atoms with Crippen molar-refractivity contribution in [2.24, 2.45) is 0 Å². The fraction of sp³-hybridized carbons (Fsp3) is 0.200. The molecule has 0 heterocycles. The van der Waals surface area contributed by atoms with Gasteiger partial charge in [-0.3, -0.25) is 0 Å². The molecule has 0 N–H and O–H groups in total. The molecule has 0 radical (unpaired) electrons. The molecule has 0 amide bonds. The van der Waals surface area contributed by atoms with E-state index in [-0.39, 0.29) is 10.3 Å². The summed E-state index contributed by atoms with van der Waals surface area (Å²) in [5, 5.41) is 5.88. The Morgan fingerprint density at radius 2 is 0.531 bits per heavy atom. The summed E-state index contributed by atoms with van der Waals surface area (Å²) < 4.78 is 0. The second kappa shape index (κ2) is 9.70. The van der Waals surface area contributed by atoms with Crippen LogP contribution in [0.4, 0.5) is 0 Å². The highest BCUT2D eigenvalue weighted by Crippen LogP contribution is 2.64. The summed E-state index contributed by atoms with van der Waals surface area (Å²) in [5.41, 5.74) is 0. The third-order valence-electron chi connectivity index (χ3n) is 6.67. The maximum absolute atomic E-state index is 2.50. The molecule has 0 fully saturated rings. The van der Waals surface area contributed by atoms with Crippen molar-refractivity contribution in [3.63, 3.8) is 0 Å². The summed E-state index contributed by atoms with van der Waals surface area (Å²) >= 11 is 0. The molecule has 0 saturated carbocycles. The van der Waals surface area contributed by atoms with Gasteiger partial charge in [-0.25, -0.2) is 0 Å². The van der Waals surface area contributed by atoms with E-state index in [2.05, 4.69) is 149 Å². The molecule has 0 saturated heterocycles. The first-order chi connectivity index (χ1) is 15.4. The predicted octanol–water partition coefficient (Wildman–Crippen LogP) is 6.81. The zero-order chi connectivity index (χ0) is 22.6. The summed E-state index contributed by atoms with van der Waals surface area (Å²) in [4.78, 5) is 0. The number of hydrogen-bond acceptors (Lipinski definition) is 0.